The van der Waals surface area contributed by atoms with E-state index in [2.05, 4.69) is 18.9 Å². The van der Waals surface area contributed by atoms with Gasteiger partial charge in [0.1, 0.15) is 19.3 Å². The van der Waals surface area contributed by atoms with E-state index in [0.717, 1.165) is 0 Å². The van der Waals surface area contributed by atoms with Crippen LogP contribution in [0.15, 0.2) is 24.3 Å². The number of ether oxygens (including phenoxy) is 4. The predicted molar refractivity (Wildman–Crippen MR) is 72.6 cm³/mol. The van der Waals surface area contributed by atoms with E-state index >= 15 is 0 Å². The fourth-order valence-electron chi connectivity index (χ4n) is 0.997. The van der Waals surface area contributed by atoms with Crippen LogP contribution in [0.4, 0.5) is 0 Å². The van der Waals surface area contributed by atoms with Crippen LogP contribution in [0.3, 0.4) is 0 Å². The molecule has 0 rings (SSSR count). The van der Waals surface area contributed by atoms with E-state index in [-0.39, 0.29) is 0 Å². The van der Waals surface area contributed by atoms with Crippen LogP contribution in [0, 0.1) is 0 Å². The standard InChI is InChI=1S/C13H16O11/c14-7-23-12(19)3-1-10(17)21-5-9(16)6-22-11(18)2-4-13(20)24-8-15/h1-4,9,14-16H,5-8H2/b3-1+,4-2+. The summed E-state index contributed by atoms with van der Waals surface area (Å²) in [4.78, 5) is 43.9. The third-order valence-electron chi connectivity index (χ3n) is 1.96. The van der Waals surface area contributed by atoms with Gasteiger partial charge in [0, 0.05) is 24.3 Å². The van der Waals surface area contributed by atoms with Crippen LogP contribution in [0.2, 0.25) is 0 Å². The Kier molecular flexibility index (Phi) is 11.3. The van der Waals surface area contributed by atoms with Gasteiger partial charge in [-0.05, 0) is 0 Å². The third-order valence-corrected chi connectivity index (χ3v) is 1.96. The van der Waals surface area contributed by atoms with E-state index in [0.29, 0.717) is 24.3 Å². The molecule has 11 heteroatoms. The Labute approximate surface area is 135 Å². The van der Waals surface area contributed by atoms with Gasteiger partial charge in [-0.15, -0.1) is 0 Å². The van der Waals surface area contributed by atoms with Gasteiger partial charge in [0.05, 0.1) is 0 Å². The van der Waals surface area contributed by atoms with Crippen LogP contribution in [-0.2, 0) is 38.1 Å². The average Bonchev–Trinajstić information content (AvgIpc) is 2.54. The van der Waals surface area contributed by atoms with Crippen LogP contribution in [-0.4, -0.2) is 72.1 Å². The predicted octanol–water partition coefficient (Wildman–Crippen LogP) is -2.47. The number of esters is 4. The summed E-state index contributed by atoms with van der Waals surface area (Å²) in [7, 11) is 0. The number of aliphatic hydroxyl groups is 3. The highest BCUT2D eigenvalue weighted by atomic mass is 16.6. The quantitative estimate of drug-likeness (QED) is 0.166. The Morgan fingerprint density at radius 2 is 0.958 bits per heavy atom. The lowest BCUT2D eigenvalue weighted by Crippen LogP contribution is -2.24. The van der Waals surface area contributed by atoms with Gasteiger partial charge in [0.15, 0.2) is 13.6 Å². The number of carbonyl (C=O) groups is 4. The maximum absolute atomic E-state index is 11.2. The molecular weight excluding hydrogens is 332 g/mol. The van der Waals surface area contributed by atoms with Gasteiger partial charge in [0.2, 0.25) is 0 Å². The van der Waals surface area contributed by atoms with E-state index in [4.69, 9.17) is 10.2 Å². The Morgan fingerprint density at radius 3 is 1.25 bits per heavy atom. The minimum absolute atomic E-state index is 0.526. The largest absolute Gasteiger partial charge is 0.460 e. The van der Waals surface area contributed by atoms with Crippen molar-refractivity contribution >= 4 is 23.9 Å². The second-order valence-electron chi connectivity index (χ2n) is 3.77. The minimum Gasteiger partial charge on any atom is -0.460 e. The van der Waals surface area contributed by atoms with Crippen LogP contribution in [0.5, 0.6) is 0 Å². The number of hydrogen-bond donors (Lipinski definition) is 3. The van der Waals surface area contributed by atoms with E-state index < -0.39 is 56.8 Å². The summed E-state index contributed by atoms with van der Waals surface area (Å²) in [6, 6.07) is 0. The fraction of sp³-hybridized carbons (Fsp3) is 0.385. The molecule has 0 aliphatic heterocycles. The Bertz CT molecular complexity index is 450. The molecule has 3 N–H and O–H groups in total. The van der Waals surface area contributed by atoms with Crippen LogP contribution >= 0.6 is 0 Å². The molecule has 0 atom stereocenters. The lowest BCUT2D eigenvalue weighted by molar-refractivity contribution is -0.149. The summed E-state index contributed by atoms with van der Waals surface area (Å²) in [6.45, 7) is -2.73. The monoisotopic (exact) mass is 348 g/mol. The van der Waals surface area contributed by atoms with Crippen molar-refractivity contribution in [3.05, 3.63) is 24.3 Å². The van der Waals surface area contributed by atoms with Crippen molar-refractivity contribution in [1.29, 1.82) is 0 Å². The molecule has 0 saturated carbocycles. The first-order valence-electron chi connectivity index (χ1n) is 6.32. The van der Waals surface area contributed by atoms with Crippen LogP contribution in [0.1, 0.15) is 0 Å². The normalized spacial score (nSPS) is 10.8. The van der Waals surface area contributed by atoms with Gasteiger partial charge >= 0.3 is 23.9 Å². The van der Waals surface area contributed by atoms with Crippen molar-refractivity contribution in [3.8, 4) is 0 Å². The zero-order chi connectivity index (χ0) is 18.4. The summed E-state index contributed by atoms with van der Waals surface area (Å²) in [5, 5.41) is 26.0. The average molecular weight is 348 g/mol. The van der Waals surface area contributed by atoms with Gasteiger partial charge in [-0.1, -0.05) is 0 Å². The van der Waals surface area contributed by atoms with E-state index in [1.54, 1.807) is 0 Å². The number of hydrogen-bond acceptors (Lipinski definition) is 11. The zero-order valence-corrected chi connectivity index (χ0v) is 12.3. The maximum Gasteiger partial charge on any atom is 0.333 e. The van der Waals surface area contributed by atoms with E-state index in [9.17, 15) is 24.3 Å². The van der Waals surface area contributed by atoms with Gasteiger partial charge < -0.3 is 34.3 Å². The molecule has 0 radical (unpaired) electrons. The summed E-state index contributed by atoms with van der Waals surface area (Å²) in [6.07, 6.45) is 1.51. The second-order valence-corrected chi connectivity index (χ2v) is 3.77. The summed E-state index contributed by atoms with van der Waals surface area (Å²) in [5.41, 5.74) is 0. The van der Waals surface area contributed by atoms with Crippen molar-refractivity contribution < 1.29 is 53.4 Å². The van der Waals surface area contributed by atoms with Crippen LogP contribution in [0.25, 0.3) is 0 Å². The topological polar surface area (TPSA) is 166 Å². The minimum atomic E-state index is -1.34. The van der Waals surface area contributed by atoms with Gasteiger partial charge in [-0.2, -0.15) is 0 Å². The van der Waals surface area contributed by atoms with Crippen molar-refractivity contribution in [1.82, 2.24) is 0 Å². The summed E-state index contributed by atoms with van der Waals surface area (Å²) >= 11 is 0. The molecule has 0 aromatic carbocycles. The summed E-state index contributed by atoms with van der Waals surface area (Å²) in [5.74, 6) is -3.87. The number of aliphatic hydroxyl groups excluding tert-OH is 3. The SMILES string of the molecule is O=C(/C=C/C(=O)OCC(O)COC(=O)/C=C/C(=O)OCO)OCO. The highest BCUT2D eigenvalue weighted by Crippen LogP contribution is 1.93. The first-order valence-corrected chi connectivity index (χ1v) is 6.32. The van der Waals surface area contributed by atoms with E-state index in [1.165, 1.54) is 0 Å². The number of rotatable bonds is 10. The van der Waals surface area contributed by atoms with Gasteiger partial charge in [-0.3, -0.25) is 0 Å². The first kappa shape index (κ1) is 21.2. The van der Waals surface area contributed by atoms with Gasteiger partial charge in [-0.25, -0.2) is 19.2 Å². The molecule has 0 spiro atoms. The Morgan fingerprint density at radius 1 is 0.667 bits per heavy atom. The molecular formula is C13H16O11. The number of carbonyl (C=O) groups excluding carboxylic acids is 4. The highest BCUT2D eigenvalue weighted by molar-refractivity contribution is 5.92. The maximum atomic E-state index is 11.2. The smallest absolute Gasteiger partial charge is 0.333 e. The molecule has 0 fully saturated rings. The van der Waals surface area contributed by atoms with Crippen molar-refractivity contribution in [2.24, 2.45) is 0 Å². The lowest BCUT2D eigenvalue weighted by Gasteiger charge is -2.10. The molecule has 0 unspecified atom stereocenters. The molecule has 0 bridgehead atoms. The molecule has 24 heavy (non-hydrogen) atoms. The second kappa shape index (κ2) is 12.8. The molecule has 0 heterocycles. The Balaban J connectivity index is 3.99. The van der Waals surface area contributed by atoms with Crippen molar-refractivity contribution in [2.45, 2.75) is 6.10 Å². The summed E-state index contributed by atoms with van der Waals surface area (Å²) < 4.78 is 17.3. The molecule has 11 nitrogen and oxygen atoms in total. The van der Waals surface area contributed by atoms with Gasteiger partial charge in [0.25, 0.3) is 0 Å². The van der Waals surface area contributed by atoms with Crippen LogP contribution < -0.4 is 0 Å². The fourth-order valence-corrected chi connectivity index (χ4v) is 0.997. The molecule has 0 saturated heterocycles. The highest BCUT2D eigenvalue weighted by Gasteiger charge is 2.10. The molecule has 0 amide bonds. The molecule has 0 aromatic rings. The molecule has 134 valence electrons. The molecule has 0 aromatic heterocycles. The Hall–Kier alpha value is -2.76. The van der Waals surface area contributed by atoms with Crippen molar-refractivity contribution in [2.75, 3.05) is 26.8 Å². The van der Waals surface area contributed by atoms with Crippen molar-refractivity contribution in [3.63, 3.8) is 0 Å². The zero-order valence-electron chi connectivity index (χ0n) is 12.3. The molecule has 0 aliphatic rings. The van der Waals surface area contributed by atoms with E-state index in [1.807, 2.05) is 0 Å². The molecule has 0 aliphatic carbocycles. The third kappa shape index (κ3) is 11.9. The first-order chi connectivity index (χ1) is 11.4. The lowest BCUT2D eigenvalue weighted by atomic mass is 10.4.